The average Bonchev–Trinajstić information content (AvgIpc) is 3.06. The highest BCUT2D eigenvalue weighted by atomic mass is 15.0. The second kappa shape index (κ2) is 13.2. The molecule has 0 bridgehead atoms. The number of hydrogen-bond donors (Lipinski definition) is 1. The standard InChI is InChI=1S/C21H27N.C4H11N/c1-5-11-18(7-3)12-10-15-22-16-20(17(4)6-2)19-13-8-9-14-21(19)22;1-3-4-5-2/h5,7-9,11,13-14,16-17H,1,3,6,10,12,15H2,2,4H3;5H,3-4H2,1-2H3/b18-11+;. The third-order valence-corrected chi connectivity index (χ3v) is 4.92. The maximum absolute atomic E-state index is 3.87. The lowest BCUT2D eigenvalue weighted by Crippen LogP contribution is -2.04. The number of aryl methyl sites for hydroxylation is 1. The topological polar surface area (TPSA) is 17.0 Å². The van der Waals surface area contributed by atoms with Crippen molar-refractivity contribution in [2.45, 2.75) is 58.9 Å². The van der Waals surface area contributed by atoms with E-state index in [-0.39, 0.29) is 0 Å². The van der Waals surface area contributed by atoms with Crippen molar-refractivity contribution < 1.29 is 0 Å². The molecule has 1 aromatic carbocycles. The first-order valence-corrected chi connectivity index (χ1v) is 10.3. The maximum atomic E-state index is 3.87. The number of aromatic nitrogens is 1. The molecule has 2 aromatic rings. The first-order valence-electron chi connectivity index (χ1n) is 10.3. The van der Waals surface area contributed by atoms with Crippen molar-refractivity contribution in [3.05, 3.63) is 73.0 Å². The molecule has 0 aliphatic rings. The molecule has 0 fully saturated rings. The number of para-hydroxylation sites is 1. The second-order valence-corrected chi connectivity index (χ2v) is 6.99. The number of allylic oxidation sites excluding steroid dienone is 4. The largest absolute Gasteiger partial charge is 0.347 e. The highest BCUT2D eigenvalue weighted by Crippen LogP contribution is 2.29. The number of hydrogen-bond acceptors (Lipinski definition) is 1. The molecular formula is C25H38N2. The number of rotatable bonds is 10. The molecule has 0 amide bonds. The van der Waals surface area contributed by atoms with Crippen LogP contribution in [0.5, 0.6) is 0 Å². The summed E-state index contributed by atoms with van der Waals surface area (Å²) in [6, 6.07) is 8.75. The van der Waals surface area contributed by atoms with Gasteiger partial charge in [-0.3, -0.25) is 0 Å². The van der Waals surface area contributed by atoms with Crippen LogP contribution in [0.25, 0.3) is 10.9 Å². The highest BCUT2D eigenvalue weighted by Gasteiger charge is 2.12. The van der Waals surface area contributed by atoms with E-state index in [4.69, 9.17) is 0 Å². The Morgan fingerprint density at radius 1 is 1.22 bits per heavy atom. The molecule has 2 heteroatoms. The van der Waals surface area contributed by atoms with Gasteiger partial charge in [-0.15, -0.1) is 0 Å². The fourth-order valence-corrected chi connectivity index (χ4v) is 3.18. The van der Waals surface area contributed by atoms with E-state index in [0.29, 0.717) is 5.92 Å². The molecule has 148 valence electrons. The molecule has 27 heavy (non-hydrogen) atoms. The molecule has 0 aliphatic heterocycles. The quantitative estimate of drug-likeness (QED) is 0.455. The summed E-state index contributed by atoms with van der Waals surface area (Å²) in [5.41, 5.74) is 4.09. The summed E-state index contributed by atoms with van der Waals surface area (Å²) in [5.74, 6) is 0.607. The van der Waals surface area contributed by atoms with Crippen LogP contribution in [0, 0.1) is 0 Å². The maximum Gasteiger partial charge on any atom is 0.0483 e. The van der Waals surface area contributed by atoms with Crippen molar-refractivity contribution in [2.24, 2.45) is 0 Å². The van der Waals surface area contributed by atoms with Crippen molar-refractivity contribution >= 4 is 10.9 Å². The Morgan fingerprint density at radius 3 is 2.52 bits per heavy atom. The molecule has 0 aliphatic carbocycles. The lowest BCUT2D eigenvalue weighted by molar-refractivity contribution is 0.655. The molecule has 1 N–H and O–H groups in total. The van der Waals surface area contributed by atoms with Gasteiger partial charge < -0.3 is 9.88 Å². The van der Waals surface area contributed by atoms with Gasteiger partial charge in [0.2, 0.25) is 0 Å². The van der Waals surface area contributed by atoms with Crippen molar-refractivity contribution in [1.29, 1.82) is 0 Å². The Morgan fingerprint density at radius 2 is 1.96 bits per heavy atom. The van der Waals surface area contributed by atoms with Crippen LogP contribution in [0.3, 0.4) is 0 Å². The van der Waals surface area contributed by atoms with Crippen LogP contribution < -0.4 is 5.32 Å². The molecule has 0 radical (unpaired) electrons. The number of fused-ring (bicyclic) bond motifs is 1. The van der Waals surface area contributed by atoms with E-state index in [0.717, 1.165) is 25.9 Å². The number of benzene rings is 1. The number of nitrogens with zero attached hydrogens (tertiary/aromatic N) is 1. The van der Waals surface area contributed by atoms with Crippen molar-refractivity contribution in [1.82, 2.24) is 9.88 Å². The fourth-order valence-electron chi connectivity index (χ4n) is 3.18. The zero-order chi connectivity index (χ0) is 20.1. The highest BCUT2D eigenvalue weighted by molar-refractivity contribution is 5.84. The molecular weight excluding hydrogens is 328 g/mol. The van der Waals surface area contributed by atoms with Crippen LogP contribution in [0.4, 0.5) is 0 Å². The van der Waals surface area contributed by atoms with E-state index in [1.54, 1.807) is 0 Å². The van der Waals surface area contributed by atoms with Crippen LogP contribution in [0.1, 0.15) is 57.9 Å². The molecule has 2 rings (SSSR count). The monoisotopic (exact) mass is 366 g/mol. The minimum absolute atomic E-state index is 0.607. The Balaban J connectivity index is 0.000000646. The van der Waals surface area contributed by atoms with E-state index < -0.39 is 0 Å². The first-order chi connectivity index (χ1) is 13.1. The molecule has 0 saturated heterocycles. The van der Waals surface area contributed by atoms with Gasteiger partial charge in [-0.05, 0) is 62.4 Å². The van der Waals surface area contributed by atoms with Gasteiger partial charge in [0.05, 0.1) is 0 Å². The normalized spacial score (nSPS) is 12.4. The Kier molecular flexibility index (Phi) is 11.2. The fraction of sp³-hybridized carbons (Fsp3) is 0.440. The third kappa shape index (κ3) is 7.22. The molecule has 1 aromatic heterocycles. The van der Waals surface area contributed by atoms with E-state index >= 15 is 0 Å². The van der Waals surface area contributed by atoms with Crippen LogP contribution in [-0.2, 0) is 6.54 Å². The van der Waals surface area contributed by atoms with Gasteiger partial charge in [0.25, 0.3) is 0 Å². The summed E-state index contributed by atoms with van der Waals surface area (Å²) in [6.07, 6.45) is 12.7. The van der Waals surface area contributed by atoms with Gasteiger partial charge in [0, 0.05) is 23.6 Å². The summed E-state index contributed by atoms with van der Waals surface area (Å²) < 4.78 is 2.41. The second-order valence-electron chi connectivity index (χ2n) is 6.99. The summed E-state index contributed by atoms with van der Waals surface area (Å²) in [7, 11) is 1.96. The Hall–Kier alpha value is -2.06. The lowest BCUT2D eigenvalue weighted by Gasteiger charge is -2.06. The van der Waals surface area contributed by atoms with Crippen LogP contribution >= 0.6 is 0 Å². The van der Waals surface area contributed by atoms with Crippen LogP contribution in [-0.4, -0.2) is 18.2 Å². The van der Waals surface area contributed by atoms with Gasteiger partial charge in [-0.2, -0.15) is 0 Å². The average molecular weight is 367 g/mol. The van der Waals surface area contributed by atoms with Crippen molar-refractivity contribution in [2.75, 3.05) is 13.6 Å². The molecule has 1 unspecified atom stereocenters. The smallest absolute Gasteiger partial charge is 0.0483 e. The molecule has 0 spiro atoms. The summed E-state index contributed by atoms with van der Waals surface area (Å²) >= 11 is 0. The van der Waals surface area contributed by atoms with Gasteiger partial charge in [-0.25, -0.2) is 0 Å². The van der Waals surface area contributed by atoms with E-state index in [9.17, 15) is 0 Å². The SMILES string of the molecule is C=C/C=C(\C=C)CCCn1cc(C(C)CC)c2ccccc21.CCCNC. The van der Waals surface area contributed by atoms with Gasteiger partial charge in [-0.1, -0.05) is 70.4 Å². The zero-order valence-electron chi connectivity index (χ0n) is 17.8. The first kappa shape index (κ1) is 23.0. The minimum Gasteiger partial charge on any atom is -0.347 e. The lowest BCUT2D eigenvalue weighted by atomic mass is 9.98. The van der Waals surface area contributed by atoms with Gasteiger partial charge in [0.15, 0.2) is 0 Å². The molecule has 1 heterocycles. The molecule has 1 atom stereocenters. The van der Waals surface area contributed by atoms with E-state index in [1.165, 1.54) is 34.9 Å². The molecule has 2 nitrogen and oxygen atoms in total. The predicted octanol–water partition coefficient (Wildman–Crippen LogP) is 6.85. The van der Waals surface area contributed by atoms with E-state index in [2.05, 4.69) is 74.3 Å². The van der Waals surface area contributed by atoms with Crippen LogP contribution in [0.2, 0.25) is 0 Å². The van der Waals surface area contributed by atoms with Crippen molar-refractivity contribution in [3.8, 4) is 0 Å². The van der Waals surface area contributed by atoms with Gasteiger partial charge in [0.1, 0.15) is 0 Å². The summed E-state index contributed by atoms with van der Waals surface area (Å²) in [4.78, 5) is 0. The zero-order valence-corrected chi connectivity index (χ0v) is 17.8. The summed E-state index contributed by atoms with van der Waals surface area (Å²) in [6.45, 7) is 16.5. The Bertz CT molecular complexity index is 719. The summed E-state index contributed by atoms with van der Waals surface area (Å²) in [5, 5.41) is 4.42. The van der Waals surface area contributed by atoms with Crippen molar-refractivity contribution in [3.63, 3.8) is 0 Å². The minimum atomic E-state index is 0.607. The molecule has 0 saturated carbocycles. The van der Waals surface area contributed by atoms with Crippen LogP contribution in [0.15, 0.2) is 67.4 Å². The Labute approximate surface area is 166 Å². The van der Waals surface area contributed by atoms with Gasteiger partial charge >= 0.3 is 0 Å². The van der Waals surface area contributed by atoms with E-state index in [1.807, 2.05) is 25.3 Å². The number of nitrogens with one attached hydrogen (secondary N) is 1. The predicted molar refractivity (Wildman–Crippen MR) is 123 cm³/mol. The third-order valence-electron chi connectivity index (χ3n) is 4.92.